The predicted molar refractivity (Wildman–Crippen MR) is 71.5 cm³/mol. The van der Waals surface area contributed by atoms with Crippen molar-refractivity contribution in [2.75, 3.05) is 7.11 Å². The molecule has 2 atom stereocenters. The molecule has 96 valence electrons. The number of methoxy groups -OCH3 is 1. The maximum absolute atomic E-state index is 5.55. The summed E-state index contributed by atoms with van der Waals surface area (Å²) in [6, 6.07) is 8.64. The van der Waals surface area contributed by atoms with Crippen LogP contribution in [0.5, 0.6) is 0 Å². The van der Waals surface area contributed by atoms with Gasteiger partial charge in [-0.05, 0) is 25.3 Å². The van der Waals surface area contributed by atoms with Gasteiger partial charge < -0.3 is 14.5 Å². The van der Waals surface area contributed by atoms with E-state index in [0.717, 1.165) is 12.1 Å². The van der Waals surface area contributed by atoms with Gasteiger partial charge >= 0.3 is 0 Å². The summed E-state index contributed by atoms with van der Waals surface area (Å²) in [7, 11) is 1.80. The van der Waals surface area contributed by atoms with Crippen molar-refractivity contribution in [3.63, 3.8) is 0 Å². The van der Waals surface area contributed by atoms with E-state index in [1.807, 2.05) is 18.4 Å². The van der Waals surface area contributed by atoms with Crippen LogP contribution >= 0.6 is 0 Å². The van der Waals surface area contributed by atoms with E-state index in [9.17, 15) is 0 Å². The zero-order valence-corrected chi connectivity index (χ0v) is 10.7. The maximum atomic E-state index is 5.55. The molecule has 1 fully saturated rings. The van der Waals surface area contributed by atoms with E-state index in [2.05, 4.69) is 17.4 Å². The number of nitrogens with one attached hydrogen (secondary N) is 1. The van der Waals surface area contributed by atoms with Crippen molar-refractivity contribution >= 4 is 11.0 Å². The van der Waals surface area contributed by atoms with Crippen molar-refractivity contribution in [2.45, 2.75) is 38.0 Å². The quantitative estimate of drug-likeness (QED) is 0.898. The molecule has 3 rings (SSSR count). The zero-order valence-electron chi connectivity index (χ0n) is 10.7. The van der Waals surface area contributed by atoms with Crippen molar-refractivity contribution in [1.82, 2.24) is 5.32 Å². The van der Waals surface area contributed by atoms with E-state index < -0.39 is 0 Å². The lowest BCUT2D eigenvalue weighted by atomic mass is 10.1. The van der Waals surface area contributed by atoms with Gasteiger partial charge in [-0.2, -0.15) is 0 Å². The molecule has 18 heavy (non-hydrogen) atoms. The fourth-order valence-corrected chi connectivity index (χ4v) is 2.85. The Morgan fingerprint density at radius 1 is 1.33 bits per heavy atom. The van der Waals surface area contributed by atoms with E-state index in [1.54, 1.807) is 7.11 Å². The highest BCUT2D eigenvalue weighted by molar-refractivity contribution is 5.80. The Morgan fingerprint density at radius 2 is 2.22 bits per heavy atom. The number of hydrogen-bond acceptors (Lipinski definition) is 3. The van der Waals surface area contributed by atoms with Crippen LogP contribution in [0.4, 0.5) is 0 Å². The van der Waals surface area contributed by atoms with Gasteiger partial charge in [0.05, 0.1) is 12.4 Å². The highest BCUT2D eigenvalue weighted by Crippen LogP contribution is 2.24. The topological polar surface area (TPSA) is 34.4 Å². The first-order valence-electron chi connectivity index (χ1n) is 6.60. The number of furan rings is 1. The Labute approximate surface area is 107 Å². The van der Waals surface area contributed by atoms with Crippen LogP contribution < -0.4 is 5.32 Å². The molecule has 3 nitrogen and oxygen atoms in total. The minimum atomic E-state index is 0.364. The van der Waals surface area contributed by atoms with Gasteiger partial charge in [0.2, 0.25) is 0 Å². The molecule has 1 N–H and O–H groups in total. The summed E-state index contributed by atoms with van der Waals surface area (Å²) < 4.78 is 11.0. The smallest absolute Gasteiger partial charge is 0.134 e. The van der Waals surface area contributed by atoms with Crippen molar-refractivity contribution in [1.29, 1.82) is 0 Å². The van der Waals surface area contributed by atoms with Crippen molar-refractivity contribution in [2.24, 2.45) is 0 Å². The number of para-hydroxylation sites is 1. The minimum absolute atomic E-state index is 0.364. The largest absolute Gasteiger partial charge is 0.464 e. The first kappa shape index (κ1) is 11.8. The van der Waals surface area contributed by atoms with Crippen molar-refractivity contribution in [3.05, 3.63) is 36.1 Å². The molecular weight excluding hydrogens is 226 g/mol. The van der Waals surface area contributed by atoms with Crippen molar-refractivity contribution in [3.8, 4) is 0 Å². The van der Waals surface area contributed by atoms with Crippen LogP contribution in [0.15, 0.2) is 34.9 Å². The van der Waals surface area contributed by atoms with Crippen LogP contribution in [0.2, 0.25) is 0 Å². The number of hydrogen-bond donors (Lipinski definition) is 1. The van der Waals surface area contributed by atoms with Gasteiger partial charge in [0, 0.05) is 30.6 Å². The van der Waals surface area contributed by atoms with Gasteiger partial charge in [0.1, 0.15) is 5.58 Å². The van der Waals surface area contributed by atoms with Crippen LogP contribution in [-0.2, 0) is 11.3 Å². The third-order valence-electron chi connectivity index (χ3n) is 3.87. The molecule has 0 spiro atoms. The Morgan fingerprint density at radius 3 is 3.11 bits per heavy atom. The Kier molecular flexibility index (Phi) is 3.35. The molecule has 1 aliphatic rings. The highest BCUT2D eigenvalue weighted by atomic mass is 16.5. The molecule has 1 aromatic heterocycles. The van der Waals surface area contributed by atoms with E-state index in [-0.39, 0.29) is 0 Å². The van der Waals surface area contributed by atoms with Crippen LogP contribution in [0.1, 0.15) is 24.8 Å². The summed E-state index contributed by atoms with van der Waals surface area (Å²) >= 11 is 0. The standard InChI is InChI=1S/C15H19NO2/c1-17-15-8-4-6-13(15)16-9-11-10-18-14-7-3-2-5-12(11)14/h2-3,5,7,10,13,15-16H,4,6,8-9H2,1H3. The second kappa shape index (κ2) is 5.12. The molecular formula is C15H19NO2. The Balaban J connectivity index is 1.69. The molecule has 3 heteroatoms. The normalized spacial score (nSPS) is 23.8. The number of fused-ring (bicyclic) bond motifs is 1. The summed E-state index contributed by atoms with van der Waals surface area (Å²) in [6.07, 6.45) is 5.84. The molecule has 0 amide bonds. The van der Waals surface area contributed by atoms with E-state index in [0.29, 0.717) is 12.1 Å². The summed E-state index contributed by atoms with van der Waals surface area (Å²) in [5.74, 6) is 0. The molecule has 0 aliphatic heterocycles. The van der Waals surface area contributed by atoms with Crippen molar-refractivity contribution < 1.29 is 9.15 Å². The SMILES string of the molecule is COC1CCCC1NCc1coc2ccccc12. The molecule has 1 aliphatic carbocycles. The van der Waals surface area contributed by atoms with Gasteiger partial charge in [-0.15, -0.1) is 0 Å². The lowest BCUT2D eigenvalue weighted by molar-refractivity contribution is 0.0847. The summed E-state index contributed by atoms with van der Waals surface area (Å²) in [4.78, 5) is 0. The zero-order chi connectivity index (χ0) is 12.4. The van der Waals surface area contributed by atoms with Gasteiger partial charge in [-0.3, -0.25) is 0 Å². The predicted octanol–water partition coefficient (Wildman–Crippen LogP) is 3.09. The molecule has 2 aromatic rings. The maximum Gasteiger partial charge on any atom is 0.134 e. The third kappa shape index (κ3) is 2.16. The third-order valence-corrected chi connectivity index (χ3v) is 3.87. The monoisotopic (exact) mass is 245 g/mol. The molecule has 0 radical (unpaired) electrons. The van der Waals surface area contributed by atoms with E-state index >= 15 is 0 Å². The molecule has 0 saturated heterocycles. The van der Waals surface area contributed by atoms with Crippen LogP contribution in [0.3, 0.4) is 0 Å². The Bertz CT molecular complexity index is 520. The Hall–Kier alpha value is -1.32. The lowest BCUT2D eigenvalue weighted by Crippen LogP contribution is -2.36. The van der Waals surface area contributed by atoms with Gasteiger partial charge in [-0.1, -0.05) is 18.2 Å². The number of ether oxygens (including phenoxy) is 1. The van der Waals surface area contributed by atoms with Gasteiger partial charge in [0.25, 0.3) is 0 Å². The van der Waals surface area contributed by atoms with Crippen LogP contribution in [-0.4, -0.2) is 19.3 Å². The van der Waals surface area contributed by atoms with Gasteiger partial charge in [0.15, 0.2) is 0 Å². The number of benzene rings is 1. The fourth-order valence-electron chi connectivity index (χ4n) is 2.85. The molecule has 1 heterocycles. The average molecular weight is 245 g/mol. The lowest BCUT2D eigenvalue weighted by Gasteiger charge is -2.19. The van der Waals surface area contributed by atoms with Crippen LogP contribution in [0, 0.1) is 0 Å². The second-order valence-corrected chi connectivity index (χ2v) is 4.95. The second-order valence-electron chi connectivity index (χ2n) is 4.95. The van der Waals surface area contributed by atoms with Gasteiger partial charge in [-0.25, -0.2) is 0 Å². The average Bonchev–Trinajstić information content (AvgIpc) is 3.02. The minimum Gasteiger partial charge on any atom is -0.464 e. The summed E-state index contributed by atoms with van der Waals surface area (Å²) in [6.45, 7) is 0.849. The molecule has 1 aromatic carbocycles. The van der Waals surface area contributed by atoms with E-state index in [4.69, 9.17) is 9.15 Å². The molecule has 1 saturated carbocycles. The highest BCUT2D eigenvalue weighted by Gasteiger charge is 2.26. The first-order valence-corrected chi connectivity index (χ1v) is 6.60. The van der Waals surface area contributed by atoms with E-state index in [1.165, 1.54) is 30.2 Å². The molecule has 2 unspecified atom stereocenters. The first-order chi connectivity index (χ1) is 8.88. The molecule has 0 bridgehead atoms. The fraction of sp³-hybridized carbons (Fsp3) is 0.467. The summed E-state index contributed by atoms with van der Waals surface area (Å²) in [5, 5.41) is 4.80. The van der Waals surface area contributed by atoms with Crippen LogP contribution in [0.25, 0.3) is 11.0 Å². The summed E-state index contributed by atoms with van der Waals surface area (Å²) in [5.41, 5.74) is 2.19. The number of rotatable bonds is 4.